The number of hydrogen-bond donors (Lipinski definition) is 2. The zero-order chi connectivity index (χ0) is 9.35. The number of amidine groups is 1. The molecule has 0 aromatic carbocycles. The summed E-state index contributed by atoms with van der Waals surface area (Å²) in [6, 6.07) is -0.796. The summed E-state index contributed by atoms with van der Waals surface area (Å²) >= 11 is 1.19. The molecule has 0 aromatic rings. The Bertz CT molecular complexity index is 272. The summed E-state index contributed by atoms with van der Waals surface area (Å²) < 4.78 is -0.561. The van der Waals surface area contributed by atoms with Crippen LogP contribution in [-0.2, 0) is 4.79 Å². The Morgan fingerprint density at radius 3 is 2.58 bits per heavy atom. The first-order valence-electron chi connectivity index (χ1n) is 3.30. The lowest BCUT2D eigenvalue weighted by Gasteiger charge is -2.08. The molecule has 6 heteroatoms. The number of nitrogens with one attached hydrogen (secondary N) is 1. The van der Waals surface area contributed by atoms with E-state index in [1.807, 2.05) is 0 Å². The molecule has 1 heterocycles. The van der Waals surface area contributed by atoms with E-state index in [2.05, 4.69) is 10.3 Å². The molecule has 0 aromatic heterocycles. The molecule has 0 atom stereocenters. The topological polar surface area (TPSA) is 84.5 Å². The van der Waals surface area contributed by atoms with Crippen molar-refractivity contribution in [1.82, 2.24) is 5.32 Å². The Labute approximate surface area is 73.8 Å². The molecule has 5 nitrogen and oxygen atoms in total. The molecule has 3 amide bonds. The number of urea groups is 1. The van der Waals surface area contributed by atoms with Crippen LogP contribution in [-0.4, -0.2) is 21.9 Å². The van der Waals surface area contributed by atoms with E-state index in [4.69, 9.17) is 5.73 Å². The van der Waals surface area contributed by atoms with Crippen molar-refractivity contribution in [3.05, 3.63) is 0 Å². The van der Waals surface area contributed by atoms with Crippen LogP contribution >= 0.6 is 11.8 Å². The molecular formula is C6H9N3O2S. The van der Waals surface area contributed by atoms with E-state index in [1.165, 1.54) is 11.8 Å². The zero-order valence-corrected chi connectivity index (χ0v) is 7.57. The fraction of sp³-hybridized carbons (Fsp3) is 0.500. The maximum Gasteiger partial charge on any atom is 0.340 e. The molecule has 1 aliphatic heterocycles. The number of aliphatic imine (C=N–C) groups is 1. The van der Waals surface area contributed by atoms with Crippen LogP contribution in [0.3, 0.4) is 0 Å². The lowest BCUT2D eigenvalue weighted by Crippen LogP contribution is -2.31. The minimum atomic E-state index is -0.796. The molecule has 12 heavy (non-hydrogen) atoms. The van der Waals surface area contributed by atoms with Gasteiger partial charge in [0.05, 0.1) is 4.75 Å². The lowest BCUT2D eigenvalue weighted by atomic mass is 10.2. The van der Waals surface area contributed by atoms with Gasteiger partial charge >= 0.3 is 6.03 Å². The smallest absolute Gasteiger partial charge is 0.340 e. The van der Waals surface area contributed by atoms with Crippen LogP contribution in [0.25, 0.3) is 0 Å². The van der Waals surface area contributed by atoms with Crippen LogP contribution in [0.2, 0.25) is 0 Å². The highest BCUT2D eigenvalue weighted by atomic mass is 32.2. The highest BCUT2D eigenvalue weighted by Crippen LogP contribution is 2.30. The van der Waals surface area contributed by atoms with Crippen molar-refractivity contribution in [1.29, 1.82) is 0 Å². The van der Waals surface area contributed by atoms with Crippen LogP contribution in [0.4, 0.5) is 4.79 Å². The third-order valence-corrected chi connectivity index (χ3v) is 2.41. The minimum absolute atomic E-state index is 0.160. The summed E-state index contributed by atoms with van der Waals surface area (Å²) in [5, 5.41) is 2.72. The Morgan fingerprint density at radius 1 is 1.67 bits per heavy atom. The summed E-state index contributed by atoms with van der Waals surface area (Å²) in [7, 11) is 0. The monoisotopic (exact) mass is 187 g/mol. The molecule has 66 valence electrons. The van der Waals surface area contributed by atoms with E-state index >= 15 is 0 Å². The Morgan fingerprint density at radius 2 is 2.25 bits per heavy atom. The summed E-state index contributed by atoms with van der Waals surface area (Å²) in [6.07, 6.45) is 0. The van der Waals surface area contributed by atoms with Crippen molar-refractivity contribution >= 4 is 28.9 Å². The predicted octanol–water partition coefficient (Wildman–Crippen LogP) is 0.0627. The van der Waals surface area contributed by atoms with Gasteiger partial charge in [0, 0.05) is 0 Å². The van der Waals surface area contributed by atoms with Gasteiger partial charge in [-0.15, -0.1) is 0 Å². The van der Waals surface area contributed by atoms with Gasteiger partial charge in [0.25, 0.3) is 0 Å². The maximum atomic E-state index is 11.1. The third kappa shape index (κ3) is 1.76. The highest BCUT2D eigenvalue weighted by Gasteiger charge is 2.38. The first kappa shape index (κ1) is 9.05. The normalized spacial score (nSPS) is 24.2. The number of carbonyl (C=O) groups is 2. The quantitative estimate of drug-likeness (QED) is 0.562. The highest BCUT2D eigenvalue weighted by molar-refractivity contribution is 8.16. The van der Waals surface area contributed by atoms with E-state index in [0.717, 1.165) is 0 Å². The standard InChI is InChI=1S/C6H9N3O2S/c1-6(2)3(10)8-5(12-6)9-4(7)11/h1-2H3,(H3,7,8,9,10,11). The summed E-state index contributed by atoms with van der Waals surface area (Å²) in [5.74, 6) is -0.160. The van der Waals surface area contributed by atoms with Gasteiger partial charge in [-0.2, -0.15) is 4.99 Å². The number of hydrogen-bond acceptors (Lipinski definition) is 3. The number of rotatable bonds is 0. The summed E-state index contributed by atoms with van der Waals surface area (Å²) in [4.78, 5) is 24.9. The summed E-state index contributed by atoms with van der Waals surface area (Å²) in [6.45, 7) is 3.49. The van der Waals surface area contributed by atoms with Crippen molar-refractivity contribution in [2.45, 2.75) is 18.6 Å². The third-order valence-electron chi connectivity index (χ3n) is 1.33. The molecule has 1 aliphatic rings. The van der Waals surface area contributed by atoms with Gasteiger partial charge < -0.3 is 11.1 Å². The molecule has 3 N–H and O–H groups in total. The van der Waals surface area contributed by atoms with Gasteiger partial charge in [-0.05, 0) is 13.8 Å². The molecule has 1 fully saturated rings. The Kier molecular flexibility index (Phi) is 2.10. The maximum absolute atomic E-state index is 11.1. The van der Waals surface area contributed by atoms with Crippen molar-refractivity contribution < 1.29 is 9.59 Å². The number of thioether (sulfide) groups is 1. The molecule has 0 saturated carbocycles. The van der Waals surface area contributed by atoms with Crippen molar-refractivity contribution in [3.63, 3.8) is 0 Å². The van der Waals surface area contributed by atoms with Crippen molar-refractivity contribution in [3.8, 4) is 0 Å². The van der Waals surface area contributed by atoms with Gasteiger partial charge in [-0.25, -0.2) is 4.79 Å². The second-order valence-corrected chi connectivity index (χ2v) is 4.43. The Hall–Kier alpha value is -1.04. The first-order valence-corrected chi connectivity index (χ1v) is 4.12. The predicted molar refractivity (Wildman–Crippen MR) is 46.8 cm³/mol. The van der Waals surface area contributed by atoms with E-state index in [9.17, 15) is 9.59 Å². The number of nitrogens with two attached hydrogens (primary N) is 1. The molecule has 0 unspecified atom stereocenters. The van der Waals surface area contributed by atoms with Crippen LogP contribution in [0.1, 0.15) is 13.8 Å². The number of nitrogens with zero attached hydrogens (tertiary/aromatic N) is 1. The van der Waals surface area contributed by atoms with Crippen molar-refractivity contribution in [2.75, 3.05) is 0 Å². The van der Waals surface area contributed by atoms with Crippen molar-refractivity contribution in [2.24, 2.45) is 10.7 Å². The Balaban J connectivity index is 2.80. The van der Waals surface area contributed by atoms with E-state index in [0.29, 0.717) is 0 Å². The minimum Gasteiger partial charge on any atom is -0.350 e. The van der Waals surface area contributed by atoms with Gasteiger partial charge in [-0.1, -0.05) is 11.8 Å². The van der Waals surface area contributed by atoms with Gasteiger partial charge in [0.2, 0.25) is 5.91 Å². The molecule has 0 aliphatic carbocycles. The average Bonchev–Trinajstić information content (AvgIpc) is 2.04. The van der Waals surface area contributed by atoms with E-state index < -0.39 is 10.8 Å². The van der Waals surface area contributed by atoms with E-state index in [-0.39, 0.29) is 11.1 Å². The van der Waals surface area contributed by atoms with Gasteiger partial charge in [-0.3, -0.25) is 4.79 Å². The van der Waals surface area contributed by atoms with Crippen LogP contribution < -0.4 is 11.1 Å². The van der Waals surface area contributed by atoms with Crippen LogP contribution in [0.5, 0.6) is 0 Å². The van der Waals surface area contributed by atoms with E-state index in [1.54, 1.807) is 13.8 Å². The summed E-state index contributed by atoms with van der Waals surface area (Å²) in [5.41, 5.74) is 4.82. The molecule has 0 spiro atoms. The van der Waals surface area contributed by atoms with Gasteiger partial charge in [0.15, 0.2) is 5.17 Å². The molecule has 0 bridgehead atoms. The SMILES string of the molecule is CC1(C)S/C(=N\C(N)=O)NC1=O. The van der Waals surface area contributed by atoms with Gasteiger partial charge in [0.1, 0.15) is 0 Å². The molecular weight excluding hydrogens is 178 g/mol. The number of amides is 3. The van der Waals surface area contributed by atoms with Crippen LogP contribution in [0, 0.1) is 0 Å². The largest absolute Gasteiger partial charge is 0.350 e. The zero-order valence-electron chi connectivity index (χ0n) is 6.75. The average molecular weight is 187 g/mol. The second-order valence-electron chi connectivity index (χ2n) is 2.82. The molecule has 1 saturated heterocycles. The fourth-order valence-electron chi connectivity index (χ4n) is 0.712. The lowest BCUT2D eigenvalue weighted by molar-refractivity contribution is -0.120. The molecule has 0 radical (unpaired) electrons. The number of carbonyl (C=O) groups excluding carboxylic acids is 2. The molecule has 1 rings (SSSR count). The second kappa shape index (κ2) is 2.78. The number of primary amides is 1. The fourth-order valence-corrected chi connectivity index (χ4v) is 1.62. The van der Waals surface area contributed by atoms with Crippen LogP contribution in [0.15, 0.2) is 4.99 Å². The first-order chi connectivity index (χ1) is 5.42.